The highest BCUT2D eigenvalue weighted by Crippen LogP contribution is 2.24. The fourth-order valence-electron chi connectivity index (χ4n) is 3.36. The summed E-state index contributed by atoms with van der Waals surface area (Å²) in [5, 5.41) is 0.432. The van der Waals surface area contributed by atoms with Crippen molar-refractivity contribution in [1.82, 2.24) is 9.96 Å². The fraction of sp³-hybridized carbons (Fsp3) is 0.0833. The molecule has 4 rings (SSSR count). The van der Waals surface area contributed by atoms with E-state index in [1.165, 1.54) is 29.2 Å². The summed E-state index contributed by atoms with van der Waals surface area (Å²) >= 11 is 0. The van der Waals surface area contributed by atoms with Gasteiger partial charge in [-0.2, -0.15) is 0 Å². The van der Waals surface area contributed by atoms with Crippen molar-refractivity contribution in [2.45, 2.75) is 6.54 Å². The molecule has 0 aliphatic carbocycles. The van der Waals surface area contributed by atoms with E-state index < -0.39 is 23.7 Å². The molecular weight excluding hydrogens is 396 g/mol. The van der Waals surface area contributed by atoms with Gasteiger partial charge in [0, 0.05) is 13.6 Å². The van der Waals surface area contributed by atoms with Crippen molar-refractivity contribution < 1.29 is 24.0 Å². The SMILES string of the molecule is CN(Cc1ccccc1)C(=O)c1ccccc1C(=O)ON1C(=O)c2ccccc2C1=O. The highest BCUT2D eigenvalue weighted by atomic mass is 16.7. The van der Waals surface area contributed by atoms with Crippen LogP contribution in [0.3, 0.4) is 0 Å². The summed E-state index contributed by atoms with van der Waals surface area (Å²) in [6.07, 6.45) is 0. The van der Waals surface area contributed by atoms with Gasteiger partial charge in [-0.05, 0) is 29.8 Å². The monoisotopic (exact) mass is 414 g/mol. The Morgan fingerprint density at radius 1 is 0.774 bits per heavy atom. The number of hydrogen-bond acceptors (Lipinski definition) is 5. The van der Waals surface area contributed by atoms with Crippen molar-refractivity contribution in [3.8, 4) is 0 Å². The van der Waals surface area contributed by atoms with E-state index in [0.29, 0.717) is 11.6 Å². The lowest BCUT2D eigenvalue weighted by molar-refractivity contribution is -0.0585. The zero-order valence-electron chi connectivity index (χ0n) is 16.6. The van der Waals surface area contributed by atoms with Crippen LogP contribution in [-0.2, 0) is 11.4 Å². The Labute approximate surface area is 178 Å². The zero-order chi connectivity index (χ0) is 22.0. The Hall–Kier alpha value is -4.26. The van der Waals surface area contributed by atoms with Gasteiger partial charge in [-0.25, -0.2) is 4.79 Å². The second kappa shape index (κ2) is 8.23. The molecular formula is C24H18N2O5. The lowest BCUT2D eigenvalue weighted by Gasteiger charge is -2.19. The van der Waals surface area contributed by atoms with Gasteiger partial charge >= 0.3 is 5.97 Å². The van der Waals surface area contributed by atoms with Crippen LogP contribution in [0.2, 0.25) is 0 Å². The molecule has 0 spiro atoms. The highest BCUT2D eigenvalue weighted by molar-refractivity contribution is 6.21. The summed E-state index contributed by atoms with van der Waals surface area (Å²) in [6.45, 7) is 0.349. The molecule has 0 N–H and O–H groups in total. The summed E-state index contributed by atoms with van der Waals surface area (Å²) in [4.78, 5) is 57.3. The van der Waals surface area contributed by atoms with E-state index in [4.69, 9.17) is 4.84 Å². The summed E-state index contributed by atoms with van der Waals surface area (Å²) in [5.41, 5.74) is 1.33. The molecule has 3 aromatic rings. The molecule has 0 radical (unpaired) electrons. The minimum Gasteiger partial charge on any atom is -0.337 e. The average Bonchev–Trinajstić information content (AvgIpc) is 3.04. The molecule has 0 unspecified atom stereocenters. The van der Waals surface area contributed by atoms with Gasteiger partial charge < -0.3 is 9.74 Å². The number of benzene rings is 3. The van der Waals surface area contributed by atoms with E-state index in [1.807, 2.05) is 30.3 Å². The molecule has 0 saturated carbocycles. The molecule has 1 aliphatic heterocycles. The molecule has 0 saturated heterocycles. The lowest BCUT2D eigenvalue weighted by Crippen LogP contribution is -2.34. The first-order chi connectivity index (χ1) is 15.0. The van der Waals surface area contributed by atoms with Gasteiger partial charge in [-0.15, -0.1) is 0 Å². The van der Waals surface area contributed by atoms with Crippen LogP contribution in [0.15, 0.2) is 78.9 Å². The summed E-state index contributed by atoms with van der Waals surface area (Å²) in [6, 6.07) is 21.8. The third-order valence-corrected chi connectivity index (χ3v) is 4.92. The number of nitrogens with zero attached hydrogens (tertiary/aromatic N) is 2. The first kappa shape index (κ1) is 20.0. The minimum absolute atomic E-state index is 0.0380. The third kappa shape index (κ3) is 3.81. The molecule has 31 heavy (non-hydrogen) atoms. The second-order valence-corrected chi connectivity index (χ2v) is 7.02. The molecule has 1 heterocycles. The molecule has 7 heteroatoms. The Kier molecular flexibility index (Phi) is 5.32. The Bertz CT molecular complexity index is 1150. The van der Waals surface area contributed by atoms with Crippen LogP contribution < -0.4 is 0 Å². The van der Waals surface area contributed by atoms with Crippen molar-refractivity contribution in [3.63, 3.8) is 0 Å². The van der Waals surface area contributed by atoms with Gasteiger partial charge in [0.15, 0.2) is 0 Å². The van der Waals surface area contributed by atoms with Crippen LogP contribution in [-0.4, -0.2) is 40.7 Å². The number of carbonyl (C=O) groups is 4. The smallest absolute Gasteiger partial charge is 0.337 e. The van der Waals surface area contributed by atoms with Crippen LogP contribution in [0.1, 0.15) is 47.0 Å². The van der Waals surface area contributed by atoms with E-state index in [9.17, 15) is 19.2 Å². The fourth-order valence-corrected chi connectivity index (χ4v) is 3.36. The van der Waals surface area contributed by atoms with Gasteiger partial charge in [0.05, 0.1) is 22.3 Å². The van der Waals surface area contributed by atoms with E-state index in [-0.39, 0.29) is 22.3 Å². The maximum Gasteiger partial charge on any atom is 0.364 e. The zero-order valence-corrected chi connectivity index (χ0v) is 16.6. The predicted molar refractivity (Wildman–Crippen MR) is 111 cm³/mol. The molecule has 0 fully saturated rings. The lowest BCUT2D eigenvalue weighted by atomic mass is 10.1. The van der Waals surface area contributed by atoms with Crippen LogP contribution >= 0.6 is 0 Å². The number of carbonyl (C=O) groups excluding carboxylic acids is 4. The van der Waals surface area contributed by atoms with E-state index in [1.54, 1.807) is 31.3 Å². The van der Waals surface area contributed by atoms with Crippen molar-refractivity contribution in [3.05, 3.63) is 107 Å². The molecule has 0 aromatic heterocycles. The summed E-state index contributed by atoms with van der Waals surface area (Å²) in [7, 11) is 1.63. The van der Waals surface area contributed by atoms with Gasteiger partial charge in [-0.3, -0.25) is 14.4 Å². The second-order valence-electron chi connectivity index (χ2n) is 7.02. The van der Waals surface area contributed by atoms with E-state index in [0.717, 1.165) is 5.56 Å². The maximum atomic E-state index is 13.0. The first-order valence-electron chi connectivity index (χ1n) is 9.56. The normalized spacial score (nSPS) is 12.5. The average molecular weight is 414 g/mol. The van der Waals surface area contributed by atoms with Crippen molar-refractivity contribution in [2.24, 2.45) is 0 Å². The van der Waals surface area contributed by atoms with Crippen molar-refractivity contribution in [1.29, 1.82) is 0 Å². The van der Waals surface area contributed by atoms with Crippen LogP contribution in [0.25, 0.3) is 0 Å². The Morgan fingerprint density at radius 2 is 1.29 bits per heavy atom. The van der Waals surface area contributed by atoms with Crippen molar-refractivity contribution in [2.75, 3.05) is 7.05 Å². The molecule has 1 aliphatic rings. The first-order valence-corrected chi connectivity index (χ1v) is 9.56. The quantitative estimate of drug-likeness (QED) is 0.598. The van der Waals surface area contributed by atoms with Gasteiger partial charge in [0.25, 0.3) is 17.7 Å². The Morgan fingerprint density at radius 3 is 1.90 bits per heavy atom. The van der Waals surface area contributed by atoms with E-state index >= 15 is 0 Å². The number of imide groups is 1. The standard InChI is InChI=1S/C24H18N2O5/c1-25(15-16-9-3-2-4-10-16)21(27)19-13-7-8-14-20(19)24(30)31-26-22(28)17-11-5-6-12-18(17)23(26)29/h2-14H,15H2,1H3. The van der Waals surface area contributed by atoms with Gasteiger partial charge in [-0.1, -0.05) is 59.7 Å². The highest BCUT2D eigenvalue weighted by Gasteiger charge is 2.39. The predicted octanol–water partition coefficient (Wildman–Crippen LogP) is 3.33. The van der Waals surface area contributed by atoms with Crippen LogP contribution in [0.4, 0.5) is 0 Å². The summed E-state index contributed by atoms with van der Waals surface area (Å²) in [5.74, 6) is -2.80. The van der Waals surface area contributed by atoms with Crippen LogP contribution in [0.5, 0.6) is 0 Å². The number of hydrogen-bond donors (Lipinski definition) is 0. The maximum absolute atomic E-state index is 13.0. The molecule has 0 bridgehead atoms. The molecule has 7 nitrogen and oxygen atoms in total. The summed E-state index contributed by atoms with van der Waals surface area (Å²) < 4.78 is 0. The van der Waals surface area contributed by atoms with E-state index in [2.05, 4.69) is 0 Å². The largest absolute Gasteiger partial charge is 0.364 e. The number of rotatable bonds is 5. The number of amides is 3. The number of fused-ring (bicyclic) bond motifs is 1. The minimum atomic E-state index is -0.966. The molecule has 0 atom stereocenters. The Balaban J connectivity index is 1.55. The van der Waals surface area contributed by atoms with Gasteiger partial charge in [0.1, 0.15) is 0 Å². The topological polar surface area (TPSA) is 84.0 Å². The molecule has 3 amide bonds. The number of hydroxylamine groups is 2. The molecule has 3 aromatic carbocycles. The third-order valence-electron chi connectivity index (χ3n) is 4.92. The van der Waals surface area contributed by atoms with Crippen molar-refractivity contribution >= 4 is 23.7 Å². The van der Waals surface area contributed by atoms with Crippen LogP contribution in [0, 0.1) is 0 Å². The van der Waals surface area contributed by atoms with Gasteiger partial charge in [0.2, 0.25) is 0 Å². The molecule has 154 valence electrons.